The number of hydrogen-bond acceptors (Lipinski definition) is 2. The Hall–Kier alpha value is -10.9. The highest BCUT2D eigenvalue weighted by atomic mass is 15.2. The summed E-state index contributed by atoms with van der Waals surface area (Å²) in [5, 5.41) is 4.99. The van der Waals surface area contributed by atoms with Crippen LogP contribution < -0.4 is 26.2 Å². The highest BCUT2D eigenvalue weighted by Gasteiger charge is 2.45. The number of anilines is 6. The van der Waals surface area contributed by atoms with Crippen molar-refractivity contribution in [1.29, 1.82) is 0 Å². The molecule has 5 heteroatoms. The molecule has 0 bridgehead atoms. The zero-order valence-corrected chi connectivity index (χ0v) is 49.0. The van der Waals surface area contributed by atoms with Crippen LogP contribution in [-0.2, 0) is 0 Å². The summed E-state index contributed by atoms with van der Waals surface area (Å²) in [6.45, 7) is 8.67. The summed E-state index contributed by atoms with van der Waals surface area (Å²) in [6.07, 6.45) is 0. The molecule has 0 saturated carbocycles. The lowest BCUT2D eigenvalue weighted by molar-refractivity contribution is 1.16. The molecular formula is C82H59BN4. The topological polar surface area (TPSA) is 16.3 Å². The Kier molecular flexibility index (Phi) is 11.6. The van der Waals surface area contributed by atoms with E-state index < -0.39 is 0 Å². The molecule has 0 amide bonds. The van der Waals surface area contributed by atoms with Crippen molar-refractivity contribution in [1.82, 2.24) is 9.13 Å². The third-order valence-corrected chi connectivity index (χ3v) is 18.5. The van der Waals surface area contributed by atoms with E-state index in [1.807, 2.05) is 0 Å². The summed E-state index contributed by atoms with van der Waals surface area (Å²) in [6, 6.07) is 107. The van der Waals surface area contributed by atoms with Crippen molar-refractivity contribution >= 4 is 101 Å². The van der Waals surface area contributed by atoms with Gasteiger partial charge >= 0.3 is 0 Å². The summed E-state index contributed by atoms with van der Waals surface area (Å²) in [5.41, 5.74) is 31.7. The van der Waals surface area contributed by atoms with Gasteiger partial charge in [-0.1, -0.05) is 224 Å². The Bertz CT molecular complexity index is 4710. The Labute approximate surface area is 507 Å². The van der Waals surface area contributed by atoms with Gasteiger partial charge in [0, 0.05) is 77.9 Å². The molecule has 2 aliphatic rings. The van der Waals surface area contributed by atoms with Gasteiger partial charge < -0.3 is 18.9 Å². The van der Waals surface area contributed by atoms with Crippen LogP contribution in [-0.4, -0.2) is 15.8 Å². The van der Waals surface area contributed by atoms with Gasteiger partial charge in [0.2, 0.25) is 0 Å². The van der Waals surface area contributed by atoms with Gasteiger partial charge in [-0.3, -0.25) is 0 Å². The maximum atomic E-state index is 2.64. The second-order valence-electron chi connectivity index (χ2n) is 23.9. The van der Waals surface area contributed by atoms with Gasteiger partial charge in [0.15, 0.2) is 0 Å². The van der Waals surface area contributed by atoms with E-state index in [0.717, 1.165) is 90.0 Å². The van der Waals surface area contributed by atoms with Crippen LogP contribution in [0.2, 0.25) is 0 Å². The Morgan fingerprint density at radius 3 is 0.862 bits per heavy atom. The van der Waals surface area contributed by atoms with E-state index in [-0.39, 0.29) is 6.71 Å². The lowest BCUT2D eigenvalue weighted by atomic mass is 9.33. The van der Waals surface area contributed by atoms with Gasteiger partial charge in [-0.25, -0.2) is 0 Å². The van der Waals surface area contributed by atoms with Crippen LogP contribution in [0.15, 0.2) is 285 Å². The molecule has 410 valence electrons. The molecular weight excluding hydrogens is 1050 g/mol. The lowest BCUT2D eigenvalue weighted by Gasteiger charge is -2.45. The van der Waals surface area contributed by atoms with Crippen molar-refractivity contribution in [2.45, 2.75) is 27.7 Å². The van der Waals surface area contributed by atoms with Crippen molar-refractivity contribution < 1.29 is 0 Å². The lowest BCUT2D eigenvalue weighted by Crippen LogP contribution is -2.61. The van der Waals surface area contributed by atoms with Crippen LogP contribution in [0.5, 0.6) is 0 Å². The maximum absolute atomic E-state index is 2.64. The third-order valence-electron chi connectivity index (χ3n) is 18.5. The third kappa shape index (κ3) is 7.93. The Morgan fingerprint density at radius 2 is 0.552 bits per heavy atom. The van der Waals surface area contributed by atoms with Gasteiger partial charge in [0.05, 0.1) is 33.4 Å². The summed E-state index contributed by atoms with van der Waals surface area (Å²) >= 11 is 0. The van der Waals surface area contributed by atoms with Crippen molar-refractivity contribution in [3.05, 3.63) is 307 Å². The molecule has 0 aliphatic carbocycles. The second kappa shape index (κ2) is 19.9. The normalized spacial score (nSPS) is 12.5. The van der Waals surface area contributed by atoms with E-state index >= 15 is 0 Å². The van der Waals surface area contributed by atoms with Crippen LogP contribution in [0.1, 0.15) is 22.3 Å². The molecule has 0 saturated heterocycles. The summed E-state index contributed by atoms with van der Waals surface area (Å²) in [4.78, 5) is 5.29. The van der Waals surface area contributed by atoms with Gasteiger partial charge in [-0.05, 0) is 149 Å². The highest BCUT2D eigenvalue weighted by Crippen LogP contribution is 2.53. The smallest absolute Gasteiger partial charge is 0.252 e. The van der Waals surface area contributed by atoms with Crippen LogP contribution in [0.4, 0.5) is 34.1 Å². The molecule has 2 aliphatic heterocycles. The molecule has 17 rings (SSSR count). The van der Waals surface area contributed by atoms with E-state index in [1.54, 1.807) is 0 Å². The van der Waals surface area contributed by atoms with Crippen LogP contribution in [0, 0.1) is 27.7 Å². The molecule has 0 atom stereocenters. The van der Waals surface area contributed by atoms with E-state index in [1.165, 1.54) is 82.3 Å². The number of para-hydroxylation sites is 2. The fourth-order valence-electron chi connectivity index (χ4n) is 14.7. The van der Waals surface area contributed by atoms with Gasteiger partial charge in [-0.2, -0.15) is 0 Å². The number of aryl methyl sites for hydroxylation is 4. The van der Waals surface area contributed by atoms with E-state index in [2.05, 4.69) is 332 Å². The minimum absolute atomic E-state index is 0.171. The fourth-order valence-corrected chi connectivity index (χ4v) is 14.7. The first-order valence-electron chi connectivity index (χ1n) is 30.4. The minimum Gasteiger partial charge on any atom is -0.310 e. The van der Waals surface area contributed by atoms with Crippen LogP contribution in [0.25, 0.3) is 99.5 Å². The molecule has 0 radical (unpaired) electrons. The number of hydrogen-bond donors (Lipinski definition) is 0. The first-order valence-corrected chi connectivity index (χ1v) is 30.4. The Morgan fingerprint density at radius 1 is 0.253 bits per heavy atom. The van der Waals surface area contributed by atoms with E-state index in [4.69, 9.17) is 0 Å². The SMILES string of the molecule is Cc1ccc2c3ccc(C)cc3n(-c3ccc4c(c3)N(c3c(-c5ccccc5)cccc3-c3ccccc3)c3cccc5c3B4c3ccc(-n4c6cc(C)ccc6c6ccc(C)cc64)cc3N5c3c(-c4ccccc4)cccc3-c3ccccc3)c2c1. The summed E-state index contributed by atoms with van der Waals surface area (Å²) < 4.78 is 5.03. The fraction of sp³-hybridized carbons (Fsp3) is 0.0488. The first-order chi connectivity index (χ1) is 42.8. The number of fused-ring (bicyclic) bond motifs is 10. The van der Waals surface area contributed by atoms with Crippen molar-refractivity contribution in [3.63, 3.8) is 0 Å². The van der Waals surface area contributed by atoms with E-state index in [0.29, 0.717) is 0 Å². The highest BCUT2D eigenvalue weighted by molar-refractivity contribution is 7.00. The molecule has 15 aromatic rings. The Balaban J connectivity index is 1.02. The zero-order valence-electron chi connectivity index (χ0n) is 49.0. The molecule has 2 aromatic heterocycles. The quantitative estimate of drug-likeness (QED) is 0.141. The average Bonchev–Trinajstić information content (AvgIpc) is 1.13. The average molecular weight is 1110 g/mol. The molecule has 0 spiro atoms. The number of rotatable bonds is 8. The van der Waals surface area contributed by atoms with Gasteiger partial charge in [0.25, 0.3) is 6.71 Å². The molecule has 87 heavy (non-hydrogen) atoms. The van der Waals surface area contributed by atoms with Crippen LogP contribution in [0.3, 0.4) is 0 Å². The van der Waals surface area contributed by atoms with Crippen molar-refractivity contribution in [2.75, 3.05) is 9.80 Å². The van der Waals surface area contributed by atoms with Crippen molar-refractivity contribution in [2.24, 2.45) is 0 Å². The zero-order chi connectivity index (χ0) is 58.0. The van der Waals surface area contributed by atoms with Crippen LogP contribution >= 0.6 is 0 Å². The maximum Gasteiger partial charge on any atom is 0.252 e. The molecule has 13 aromatic carbocycles. The first kappa shape index (κ1) is 50.6. The summed E-state index contributed by atoms with van der Waals surface area (Å²) in [7, 11) is 0. The molecule has 0 fully saturated rings. The molecule has 0 unspecified atom stereocenters. The molecule has 4 heterocycles. The number of nitrogens with zero attached hydrogens (tertiary/aromatic N) is 4. The predicted octanol–water partition coefficient (Wildman–Crippen LogP) is 19.9. The largest absolute Gasteiger partial charge is 0.310 e. The summed E-state index contributed by atoms with van der Waals surface area (Å²) in [5.74, 6) is 0. The minimum atomic E-state index is -0.171. The predicted molar refractivity (Wildman–Crippen MR) is 370 cm³/mol. The van der Waals surface area contributed by atoms with Crippen molar-refractivity contribution in [3.8, 4) is 55.9 Å². The van der Waals surface area contributed by atoms with Gasteiger partial charge in [0.1, 0.15) is 0 Å². The number of aromatic nitrogens is 2. The number of benzene rings is 13. The molecule has 4 nitrogen and oxygen atoms in total. The standard InChI is InChI=1S/C82H59BN4/c1-52-34-40-66-67-41-35-53(2)47-75(67)84(74(66)46-52)60-38-44-70-78(50-60)86(81-62(56-20-9-5-10-21-56)28-17-29-63(81)57-22-11-6-12-23-57)72-32-19-33-73-80(72)83(70)71-45-39-61(85-76-48-54(3)36-42-68(76)69-43-37-55(4)49-77(69)85)51-79(71)87(73)82-64(58-24-13-7-14-25-58)30-18-31-65(82)59-26-15-8-16-27-59/h5-51H,1-4H3. The van der Waals surface area contributed by atoms with Gasteiger partial charge in [-0.15, -0.1) is 0 Å². The molecule has 0 N–H and O–H groups in total. The monoisotopic (exact) mass is 1110 g/mol. The second-order valence-corrected chi connectivity index (χ2v) is 23.9. The van der Waals surface area contributed by atoms with E-state index in [9.17, 15) is 0 Å².